The largest absolute Gasteiger partial charge is 0.504 e. The highest BCUT2D eigenvalue weighted by Gasteiger charge is 2.12. The lowest BCUT2D eigenvalue weighted by Gasteiger charge is -2.32. The fraction of sp³-hybridized carbons (Fsp3) is 0.684. The van der Waals surface area contributed by atoms with Gasteiger partial charge in [-0.3, -0.25) is 0 Å². The first-order chi connectivity index (χ1) is 11.6. The maximum absolute atomic E-state index is 9.45. The van der Waals surface area contributed by atoms with Crippen LogP contribution in [0, 0.1) is 0 Å². The van der Waals surface area contributed by atoms with Gasteiger partial charge in [0.25, 0.3) is 0 Å². The highest BCUT2D eigenvalue weighted by molar-refractivity contribution is 5.40. The van der Waals surface area contributed by atoms with E-state index in [1.165, 1.54) is 58.4 Å². The Labute approximate surface area is 146 Å². The maximum Gasteiger partial charge on any atom is 0.157 e. The molecule has 1 fully saturated rings. The normalized spacial score (nSPS) is 16.5. The summed E-state index contributed by atoms with van der Waals surface area (Å²) in [7, 11) is 2.20. The van der Waals surface area contributed by atoms with Crippen molar-refractivity contribution in [2.45, 2.75) is 32.1 Å². The van der Waals surface area contributed by atoms with E-state index >= 15 is 0 Å². The quantitative estimate of drug-likeness (QED) is 0.451. The Kier molecular flexibility index (Phi) is 8.36. The lowest BCUT2D eigenvalue weighted by atomic mass is 10.1. The number of hydrogen-bond donors (Lipinski definition) is 3. The summed E-state index contributed by atoms with van der Waals surface area (Å²) < 4.78 is 0. The number of unbranched alkanes of at least 4 members (excludes halogenated alkanes) is 3. The van der Waals surface area contributed by atoms with E-state index in [0.29, 0.717) is 0 Å². The summed E-state index contributed by atoms with van der Waals surface area (Å²) in [6.45, 7) is 8.09. The van der Waals surface area contributed by atoms with Crippen molar-refractivity contribution in [3.63, 3.8) is 0 Å². The molecule has 1 heterocycles. The molecule has 2 rings (SSSR count). The van der Waals surface area contributed by atoms with Gasteiger partial charge in [-0.1, -0.05) is 18.9 Å². The molecule has 5 heteroatoms. The first-order valence-electron chi connectivity index (χ1n) is 9.27. The van der Waals surface area contributed by atoms with Gasteiger partial charge in [-0.25, -0.2) is 0 Å². The van der Waals surface area contributed by atoms with Crippen molar-refractivity contribution in [2.75, 3.05) is 52.9 Å². The van der Waals surface area contributed by atoms with Crippen LogP contribution >= 0.6 is 0 Å². The average Bonchev–Trinajstić information content (AvgIpc) is 2.58. The molecule has 1 aliphatic rings. The topological polar surface area (TPSA) is 59.0 Å². The van der Waals surface area contributed by atoms with Crippen LogP contribution in [0.2, 0.25) is 0 Å². The number of nitrogens with zero attached hydrogens (tertiary/aromatic N) is 2. The third-order valence-electron chi connectivity index (χ3n) is 4.80. The molecule has 0 radical (unpaired) electrons. The molecular weight excluding hydrogens is 302 g/mol. The van der Waals surface area contributed by atoms with Crippen LogP contribution in [0.25, 0.3) is 0 Å². The standard InChI is InChI=1S/C19H33N3O2/c1-21-12-14-22(15-13-21)11-5-3-2-4-9-20-10-8-17-6-7-18(23)19(24)16-17/h6-7,16,20,23-24H,2-5,8-15H2,1H3. The van der Waals surface area contributed by atoms with Crippen LogP contribution in [0.4, 0.5) is 0 Å². The minimum atomic E-state index is -0.0525. The highest BCUT2D eigenvalue weighted by atomic mass is 16.3. The molecule has 0 saturated carbocycles. The second-order valence-electron chi connectivity index (χ2n) is 6.88. The number of phenols is 2. The number of benzene rings is 1. The van der Waals surface area contributed by atoms with Gasteiger partial charge in [-0.05, 0) is 63.6 Å². The summed E-state index contributed by atoms with van der Waals surface area (Å²) in [5.74, 6) is -0.0869. The Morgan fingerprint density at radius 3 is 2.42 bits per heavy atom. The summed E-state index contributed by atoms with van der Waals surface area (Å²) in [4.78, 5) is 4.99. The predicted molar refractivity (Wildman–Crippen MR) is 98.8 cm³/mol. The Morgan fingerprint density at radius 2 is 1.67 bits per heavy atom. The summed E-state index contributed by atoms with van der Waals surface area (Å²) in [5, 5.41) is 22.2. The molecule has 0 spiro atoms. The molecule has 1 saturated heterocycles. The lowest BCUT2D eigenvalue weighted by molar-refractivity contribution is 0.152. The van der Waals surface area contributed by atoms with E-state index in [-0.39, 0.29) is 11.5 Å². The van der Waals surface area contributed by atoms with Crippen molar-refractivity contribution < 1.29 is 10.2 Å². The van der Waals surface area contributed by atoms with E-state index in [2.05, 4.69) is 22.2 Å². The van der Waals surface area contributed by atoms with Crippen LogP contribution in [-0.4, -0.2) is 72.9 Å². The van der Waals surface area contributed by atoms with Gasteiger partial charge >= 0.3 is 0 Å². The van der Waals surface area contributed by atoms with Gasteiger partial charge in [-0.2, -0.15) is 0 Å². The van der Waals surface area contributed by atoms with Gasteiger partial charge in [0.1, 0.15) is 0 Å². The fourth-order valence-corrected chi connectivity index (χ4v) is 3.09. The summed E-state index contributed by atoms with van der Waals surface area (Å²) in [6.07, 6.45) is 6.03. The zero-order valence-electron chi connectivity index (χ0n) is 15.0. The Balaban J connectivity index is 1.41. The summed E-state index contributed by atoms with van der Waals surface area (Å²) in [5.41, 5.74) is 1.05. The molecule has 3 N–H and O–H groups in total. The number of rotatable bonds is 10. The van der Waals surface area contributed by atoms with E-state index < -0.39 is 0 Å². The molecular formula is C19H33N3O2. The molecule has 0 aliphatic carbocycles. The number of piperazine rings is 1. The van der Waals surface area contributed by atoms with Crippen molar-refractivity contribution in [3.05, 3.63) is 23.8 Å². The van der Waals surface area contributed by atoms with Crippen LogP contribution in [0.15, 0.2) is 18.2 Å². The zero-order valence-corrected chi connectivity index (χ0v) is 15.0. The first kappa shape index (κ1) is 19.0. The number of hydrogen-bond acceptors (Lipinski definition) is 5. The van der Waals surface area contributed by atoms with E-state index in [1.807, 2.05) is 6.07 Å². The predicted octanol–water partition coefficient (Wildman–Crippen LogP) is 2.04. The highest BCUT2D eigenvalue weighted by Crippen LogP contribution is 2.24. The molecule has 0 amide bonds. The Hall–Kier alpha value is -1.30. The molecule has 24 heavy (non-hydrogen) atoms. The molecule has 1 aliphatic heterocycles. The minimum Gasteiger partial charge on any atom is -0.504 e. The smallest absolute Gasteiger partial charge is 0.157 e. The van der Waals surface area contributed by atoms with Crippen molar-refractivity contribution in [1.82, 2.24) is 15.1 Å². The summed E-state index contributed by atoms with van der Waals surface area (Å²) >= 11 is 0. The number of aromatic hydroxyl groups is 2. The van der Waals surface area contributed by atoms with Crippen molar-refractivity contribution >= 4 is 0 Å². The molecule has 136 valence electrons. The molecule has 0 aromatic heterocycles. The van der Waals surface area contributed by atoms with E-state index in [9.17, 15) is 10.2 Å². The molecule has 0 atom stereocenters. The van der Waals surface area contributed by atoms with Crippen molar-refractivity contribution in [2.24, 2.45) is 0 Å². The summed E-state index contributed by atoms with van der Waals surface area (Å²) in [6, 6.07) is 5.04. The van der Waals surface area contributed by atoms with Crippen LogP contribution < -0.4 is 5.32 Å². The van der Waals surface area contributed by atoms with E-state index in [0.717, 1.165) is 25.1 Å². The number of likely N-dealkylation sites (N-methyl/N-ethyl adjacent to an activating group) is 1. The minimum absolute atomic E-state index is 0.0344. The second kappa shape index (κ2) is 10.5. The Morgan fingerprint density at radius 1 is 0.917 bits per heavy atom. The Bertz CT molecular complexity index is 474. The monoisotopic (exact) mass is 335 g/mol. The number of nitrogens with one attached hydrogen (secondary N) is 1. The molecule has 1 aromatic rings. The van der Waals surface area contributed by atoms with Gasteiger partial charge in [0.05, 0.1) is 0 Å². The average molecular weight is 335 g/mol. The fourth-order valence-electron chi connectivity index (χ4n) is 3.09. The third kappa shape index (κ3) is 7.07. The van der Waals surface area contributed by atoms with E-state index in [1.54, 1.807) is 12.1 Å². The number of phenolic OH excluding ortho intramolecular Hbond substituents is 2. The van der Waals surface area contributed by atoms with Crippen LogP contribution in [0.3, 0.4) is 0 Å². The SMILES string of the molecule is CN1CCN(CCCCCCNCCc2ccc(O)c(O)c2)CC1. The van der Waals surface area contributed by atoms with Gasteiger partial charge in [-0.15, -0.1) is 0 Å². The van der Waals surface area contributed by atoms with Gasteiger partial charge in [0.2, 0.25) is 0 Å². The van der Waals surface area contributed by atoms with Crippen LogP contribution in [0.5, 0.6) is 11.5 Å². The van der Waals surface area contributed by atoms with Gasteiger partial charge in [0, 0.05) is 26.2 Å². The zero-order chi connectivity index (χ0) is 17.2. The maximum atomic E-state index is 9.45. The van der Waals surface area contributed by atoms with Crippen molar-refractivity contribution in [1.29, 1.82) is 0 Å². The molecule has 1 aromatic carbocycles. The lowest BCUT2D eigenvalue weighted by Crippen LogP contribution is -2.44. The third-order valence-corrected chi connectivity index (χ3v) is 4.80. The van der Waals surface area contributed by atoms with Gasteiger partial charge in [0.15, 0.2) is 11.5 Å². The molecule has 5 nitrogen and oxygen atoms in total. The van der Waals surface area contributed by atoms with E-state index in [4.69, 9.17) is 0 Å². The molecule has 0 unspecified atom stereocenters. The second-order valence-corrected chi connectivity index (χ2v) is 6.88. The van der Waals surface area contributed by atoms with Gasteiger partial charge < -0.3 is 25.3 Å². The first-order valence-corrected chi connectivity index (χ1v) is 9.27. The molecule has 0 bridgehead atoms. The van der Waals surface area contributed by atoms with Crippen molar-refractivity contribution in [3.8, 4) is 11.5 Å². The van der Waals surface area contributed by atoms with Crippen LogP contribution in [0.1, 0.15) is 31.2 Å². The van der Waals surface area contributed by atoms with Crippen LogP contribution in [-0.2, 0) is 6.42 Å².